The average molecular weight is 342 g/mol. The summed E-state index contributed by atoms with van der Waals surface area (Å²) in [6.07, 6.45) is 0. The van der Waals surface area contributed by atoms with Crippen LogP contribution in [0.25, 0.3) is 11.0 Å². The first kappa shape index (κ1) is 15.0. The van der Waals surface area contributed by atoms with Gasteiger partial charge in [0.1, 0.15) is 5.58 Å². The van der Waals surface area contributed by atoms with E-state index in [-0.39, 0.29) is 24.9 Å². The van der Waals surface area contributed by atoms with Crippen molar-refractivity contribution in [1.82, 2.24) is 5.32 Å². The zero-order valence-electron chi connectivity index (χ0n) is 11.1. The third-order valence-corrected chi connectivity index (χ3v) is 3.22. The van der Waals surface area contributed by atoms with E-state index in [0.717, 1.165) is 21.0 Å². The molecule has 1 amide bonds. The van der Waals surface area contributed by atoms with Crippen LogP contribution in [0.15, 0.2) is 27.1 Å². The van der Waals surface area contributed by atoms with E-state index in [0.29, 0.717) is 13.2 Å². The van der Waals surface area contributed by atoms with E-state index >= 15 is 0 Å². The molecule has 1 aromatic heterocycles. The molecule has 1 heterocycles. The molecule has 1 aromatic carbocycles. The number of nitrogens with one attached hydrogen (secondary N) is 1. The fourth-order valence-corrected chi connectivity index (χ4v) is 2.48. The Morgan fingerprint density at radius 3 is 2.95 bits per heavy atom. The second-order valence-electron chi connectivity index (χ2n) is 4.34. The van der Waals surface area contributed by atoms with Crippen LogP contribution in [0.4, 0.5) is 0 Å². The normalized spacial score (nSPS) is 10.9. The molecule has 0 unspecified atom stereocenters. The molecule has 0 aliphatic heterocycles. The van der Waals surface area contributed by atoms with Crippen LogP contribution >= 0.6 is 15.9 Å². The molecule has 0 saturated heterocycles. The van der Waals surface area contributed by atoms with E-state index in [1.54, 1.807) is 6.07 Å². The first-order chi connectivity index (χ1) is 9.61. The zero-order valence-corrected chi connectivity index (χ0v) is 12.7. The van der Waals surface area contributed by atoms with Crippen LogP contribution in [0.3, 0.4) is 0 Å². The Morgan fingerprint density at radius 1 is 1.40 bits per heavy atom. The number of carbonyl (C=O) groups excluding carboxylic acids is 1. The van der Waals surface area contributed by atoms with E-state index in [9.17, 15) is 4.79 Å². The molecule has 0 fully saturated rings. The van der Waals surface area contributed by atoms with Gasteiger partial charge >= 0.3 is 0 Å². The number of fused-ring (bicyclic) bond motifs is 1. The van der Waals surface area contributed by atoms with Gasteiger partial charge in [-0.2, -0.15) is 0 Å². The molecule has 108 valence electrons. The topological polar surface area (TPSA) is 71.7 Å². The Hall–Kier alpha value is -1.37. The smallest absolute Gasteiger partial charge is 0.287 e. The van der Waals surface area contributed by atoms with E-state index in [4.69, 9.17) is 14.3 Å². The highest BCUT2D eigenvalue weighted by Gasteiger charge is 2.13. The van der Waals surface area contributed by atoms with Crippen molar-refractivity contribution in [2.75, 3.05) is 26.4 Å². The summed E-state index contributed by atoms with van der Waals surface area (Å²) in [7, 11) is 0. The molecule has 2 aromatic rings. The maximum absolute atomic E-state index is 11.9. The largest absolute Gasteiger partial charge is 0.451 e. The van der Waals surface area contributed by atoms with Crippen molar-refractivity contribution >= 4 is 32.8 Å². The third-order valence-electron chi connectivity index (χ3n) is 2.76. The predicted molar refractivity (Wildman–Crippen MR) is 78.9 cm³/mol. The van der Waals surface area contributed by atoms with Gasteiger partial charge in [0, 0.05) is 16.4 Å². The second kappa shape index (κ2) is 6.88. The Balaban J connectivity index is 2.02. The van der Waals surface area contributed by atoms with Crippen LogP contribution in [0.2, 0.25) is 0 Å². The summed E-state index contributed by atoms with van der Waals surface area (Å²) in [5.41, 5.74) is 1.69. The van der Waals surface area contributed by atoms with Crippen molar-refractivity contribution in [3.63, 3.8) is 0 Å². The van der Waals surface area contributed by atoms with E-state index in [2.05, 4.69) is 21.2 Å². The molecular weight excluding hydrogens is 326 g/mol. The maximum atomic E-state index is 11.9. The molecule has 0 aliphatic carbocycles. The number of aryl methyl sites for hydroxylation is 1. The summed E-state index contributed by atoms with van der Waals surface area (Å²) < 4.78 is 11.6. The Labute approximate surface area is 125 Å². The number of halogens is 1. The molecular formula is C14H16BrNO4. The SMILES string of the molecule is Cc1cc(Br)cc2cc(C(=O)NCCOCCO)oc12. The number of aliphatic hydroxyl groups is 1. The van der Waals surface area contributed by atoms with Gasteiger partial charge in [-0.05, 0) is 30.7 Å². The third kappa shape index (κ3) is 3.59. The van der Waals surface area contributed by atoms with Gasteiger partial charge in [0.2, 0.25) is 0 Å². The lowest BCUT2D eigenvalue weighted by Crippen LogP contribution is -2.27. The van der Waals surface area contributed by atoms with Crippen LogP contribution in [0.1, 0.15) is 16.1 Å². The Kier molecular flexibility index (Phi) is 5.17. The van der Waals surface area contributed by atoms with E-state index in [1.807, 2.05) is 19.1 Å². The van der Waals surface area contributed by atoms with Crippen molar-refractivity contribution < 1.29 is 19.1 Å². The van der Waals surface area contributed by atoms with Gasteiger partial charge in [0.15, 0.2) is 5.76 Å². The van der Waals surface area contributed by atoms with Crippen molar-refractivity contribution in [1.29, 1.82) is 0 Å². The predicted octanol–water partition coefficient (Wildman–Crippen LogP) is 2.24. The summed E-state index contributed by atoms with van der Waals surface area (Å²) in [4.78, 5) is 11.9. The van der Waals surface area contributed by atoms with Crippen LogP contribution in [-0.2, 0) is 4.74 Å². The van der Waals surface area contributed by atoms with Gasteiger partial charge in [-0.1, -0.05) is 15.9 Å². The highest BCUT2D eigenvalue weighted by atomic mass is 79.9. The lowest BCUT2D eigenvalue weighted by Gasteiger charge is -2.03. The Bertz CT molecular complexity index is 608. The molecule has 0 aliphatic rings. The average Bonchev–Trinajstić information content (AvgIpc) is 2.82. The summed E-state index contributed by atoms with van der Waals surface area (Å²) in [5.74, 6) is 0.00711. The first-order valence-corrected chi connectivity index (χ1v) is 7.07. The molecule has 6 heteroatoms. The molecule has 0 radical (unpaired) electrons. The number of benzene rings is 1. The number of carbonyl (C=O) groups is 1. The molecule has 0 spiro atoms. The number of amides is 1. The summed E-state index contributed by atoms with van der Waals surface area (Å²) in [6.45, 7) is 2.91. The first-order valence-electron chi connectivity index (χ1n) is 6.28. The number of furan rings is 1. The van der Waals surface area contributed by atoms with Crippen molar-refractivity contribution in [3.05, 3.63) is 34.0 Å². The second-order valence-corrected chi connectivity index (χ2v) is 5.26. The lowest BCUT2D eigenvalue weighted by atomic mass is 10.2. The van der Waals surface area contributed by atoms with Crippen molar-refractivity contribution in [2.24, 2.45) is 0 Å². The molecule has 2 rings (SSSR count). The van der Waals surface area contributed by atoms with Crippen molar-refractivity contribution in [3.8, 4) is 0 Å². The van der Waals surface area contributed by atoms with Gasteiger partial charge in [-0.3, -0.25) is 4.79 Å². The monoisotopic (exact) mass is 341 g/mol. The fraction of sp³-hybridized carbons (Fsp3) is 0.357. The van der Waals surface area contributed by atoms with Gasteiger partial charge in [0.25, 0.3) is 5.91 Å². The van der Waals surface area contributed by atoms with E-state index < -0.39 is 0 Å². The molecule has 2 N–H and O–H groups in total. The highest BCUT2D eigenvalue weighted by molar-refractivity contribution is 9.10. The summed E-state index contributed by atoms with van der Waals surface area (Å²) in [6, 6.07) is 5.57. The summed E-state index contributed by atoms with van der Waals surface area (Å²) >= 11 is 3.42. The number of ether oxygens (including phenoxy) is 1. The number of hydrogen-bond donors (Lipinski definition) is 2. The summed E-state index contributed by atoms with van der Waals surface area (Å²) in [5, 5.41) is 12.1. The number of hydrogen-bond acceptors (Lipinski definition) is 4. The maximum Gasteiger partial charge on any atom is 0.287 e. The van der Waals surface area contributed by atoms with Crippen molar-refractivity contribution in [2.45, 2.75) is 6.92 Å². The highest BCUT2D eigenvalue weighted by Crippen LogP contribution is 2.26. The Morgan fingerprint density at radius 2 is 2.20 bits per heavy atom. The molecule has 5 nitrogen and oxygen atoms in total. The van der Waals surface area contributed by atoms with Gasteiger partial charge < -0.3 is 19.6 Å². The molecule has 0 atom stereocenters. The fourth-order valence-electron chi connectivity index (χ4n) is 1.89. The quantitative estimate of drug-likeness (QED) is 0.790. The van der Waals surface area contributed by atoms with Gasteiger partial charge in [-0.25, -0.2) is 0 Å². The van der Waals surface area contributed by atoms with Gasteiger partial charge in [0.05, 0.1) is 19.8 Å². The molecule has 20 heavy (non-hydrogen) atoms. The van der Waals surface area contributed by atoms with Crippen LogP contribution in [0, 0.1) is 6.92 Å². The van der Waals surface area contributed by atoms with Crippen LogP contribution in [0.5, 0.6) is 0 Å². The van der Waals surface area contributed by atoms with Crippen LogP contribution in [-0.4, -0.2) is 37.4 Å². The lowest BCUT2D eigenvalue weighted by molar-refractivity contribution is 0.0823. The van der Waals surface area contributed by atoms with E-state index in [1.165, 1.54) is 0 Å². The zero-order chi connectivity index (χ0) is 14.5. The minimum atomic E-state index is -0.274. The number of rotatable bonds is 6. The minimum absolute atomic E-state index is 0.0221. The number of aliphatic hydroxyl groups excluding tert-OH is 1. The molecule has 0 saturated carbocycles. The minimum Gasteiger partial charge on any atom is -0.451 e. The molecule has 0 bridgehead atoms. The van der Waals surface area contributed by atoms with Gasteiger partial charge in [-0.15, -0.1) is 0 Å². The standard InChI is InChI=1S/C14H16BrNO4/c1-9-6-11(15)7-10-8-12(20-13(9)10)14(18)16-2-4-19-5-3-17/h6-8,17H,2-5H2,1H3,(H,16,18). The van der Waals surface area contributed by atoms with Crippen LogP contribution < -0.4 is 5.32 Å².